The third-order valence-corrected chi connectivity index (χ3v) is 5.68. The van der Waals surface area contributed by atoms with Crippen molar-refractivity contribution >= 4 is 28.6 Å². The number of nitrogens with one attached hydrogen (secondary N) is 2. The van der Waals surface area contributed by atoms with Crippen molar-refractivity contribution in [2.45, 2.75) is 6.43 Å². The SMILES string of the molecule is COc1ccccc1-c1nc2cc(NC(=O)c3[nH]ncc3-c3nc(C(F)F)cs3)ccn2n1. The fourth-order valence-corrected chi connectivity index (χ4v) is 4.06. The number of hydrogen-bond acceptors (Lipinski definition) is 7. The number of benzene rings is 1. The normalized spacial score (nSPS) is 11.3. The van der Waals surface area contributed by atoms with E-state index in [0.717, 1.165) is 16.9 Å². The Morgan fingerprint density at radius 2 is 2.06 bits per heavy atom. The van der Waals surface area contributed by atoms with E-state index in [1.54, 1.807) is 30.0 Å². The number of H-pyrrole nitrogens is 1. The number of carbonyl (C=O) groups excluding carboxylic acids is 1. The molecular formula is C21H15F2N7O2S. The molecule has 4 heterocycles. The lowest BCUT2D eigenvalue weighted by Gasteiger charge is -2.05. The maximum Gasteiger partial charge on any atom is 0.281 e. The molecule has 0 aliphatic rings. The first-order valence-corrected chi connectivity index (χ1v) is 10.5. The number of fused-ring (bicyclic) bond motifs is 1. The first-order chi connectivity index (χ1) is 16.0. The Morgan fingerprint density at radius 1 is 1.21 bits per heavy atom. The Morgan fingerprint density at radius 3 is 2.85 bits per heavy atom. The van der Waals surface area contributed by atoms with Crippen LogP contribution in [0.2, 0.25) is 0 Å². The number of para-hydroxylation sites is 1. The van der Waals surface area contributed by atoms with E-state index in [1.807, 2.05) is 24.3 Å². The fourth-order valence-electron chi connectivity index (χ4n) is 3.23. The maximum atomic E-state index is 12.9. The molecule has 0 bridgehead atoms. The molecule has 1 amide bonds. The number of carbonyl (C=O) groups is 1. The van der Waals surface area contributed by atoms with Gasteiger partial charge in [0.25, 0.3) is 12.3 Å². The summed E-state index contributed by atoms with van der Waals surface area (Å²) in [4.78, 5) is 21.3. The highest BCUT2D eigenvalue weighted by molar-refractivity contribution is 7.13. The van der Waals surface area contributed by atoms with Crippen molar-refractivity contribution in [1.29, 1.82) is 0 Å². The van der Waals surface area contributed by atoms with Gasteiger partial charge in [-0.2, -0.15) is 5.10 Å². The summed E-state index contributed by atoms with van der Waals surface area (Å²) in [5, 5.41) is 15.2. The topological polar surface area (TPSA) is 110 Å². The van der Waals surface area contributed by atoms with Crippen molar-refractivity contribution in [3.8, 4) is 27.7 Å². The number of rotatable bonds is 6. The van der Waals surface area contributed by atoms with Crippen LogP contribution in [0, 0.1) is 0 Å². The van der Waals surface area contributed by atoms with Gasteiger partial charge in [-0.1, -0.05) is 12.1 Å². The summed E-state index contributed by atoms with van der Waals surface area (Å²) in [5.41, 5.74) is 1.83. The van der Waals surface area contributed by atoms with Crippen molar-refractivity contribution < 1.29 is 18.3 Å². The summed E-state index contributed by atoms with van der Waals surface area (Å²) in [7, 11) is 1.58. The van der Waals surface area contributed by atoms with Crippen LogP contribution in [0.3, 0.4) is 0 Å². The van der Waals surface area contributed by atoms with Gasteiger partial charge >= 0.3 is 0 Å². The molecule has 0 saturated heterocycles. The predicted octanol–water partition coefficient (Wildman–Crippen LogP) is 4.44. The molecule has 2 N–H and O–H groups in total. The van der Waals surface area contributed by atoms with E-state index in [4.69, 9.17) is 4.74 Å². The highest BCUT2D eigenvalue weighted by Crippen LogP contribution is 2.30. The second-order valence-corrected chi connectivity index (χ2v) is 7.70. The average Bonchev–Trinajstić information content (AvgIpc) is 3.57. The third-order valence-electron chi connectivity index (χ3n) is 4.79. The molecule has 166 valence electrons. The van der Waals surface area contributed by atoms with Gasteiger partial charge in [-0.3, -0.25) is 9.89 Å². The molecule has 0 atom stereocenters. The van der Waals surface area contributed by atoms with Gasteiger partial charge < -0.3 is 10.1 Å². The number of aromatic amines is 1. The smallest absolute Gasteiger partial charge is 0.281 e. The van der Waals surface area contributed by atoms with Gasteiger partial charge in [-0.15, -0.1) is 16.4 Å². The first kappa shape index (κ1) is 20.7. The number of thiazole rings is 1. The van der Waals surface area contributed by atoms with Gasteiger partial charge in [0.2, 0.25) is 0 Å². The largest absolute Gasteiger partial charge is 0.496 e. The molecule has 9 nitrogen and oxygen atoms in total. The number of aromatic nitrogens is 6. The molecule has 0 spiro atoms. The van der Waals surface area contributed by atoms with E-state index >= 15 is 0 Å². The molecule has 1 aromatic carbocycles. The van der Waals surface area contributed by atoms with Crippen LogP contribution in [0.4, 0.5) is 14.5 Å². The average molecular weight is 467 g/mol. The summed E-state index contributed by atoms with van der Waals surface area (Å²) in [5.74, 6) is 0.626. The maximum absolute atomic E-state index is 12.9. The first-order valence-electron chi connectivity index (χ1n) is 9.62. The number of ether oxygens (including phenoxy) is 1. The Hall–Kier alpha value is -4.19. The molecule has 0 fully saturated rings. The van der Waals surface area contributed by atoms with Crippen molar-refractivity contribution in [1.82, 2.24) is 29.8 Å². The third kappa shape index (κ3) is 3.91. The molecule has 4 aromatic heterocycles. The number of anilines is 1. The summed E-state index contributed by atoms with van der Waals surface area (Å²) in [6.07, 6.45) is 0.361. The highest BCUT2D eigenvalue weighted by atomic mass is 32.1. The monoisotopic (exact) mass is 467 g/mol. The molecule has 12 heteroatoms. The van der Waals surface area contributed by atoms with Crippen LogP contribution in [0.1, 0.15) is 22.6 Å². The number of nitrogens with zero attached hydrogens (tertiary/aromatic N) is 5. The minimum atomic E-state index is -2.69. The quantitative estimate of drug-likeness (QED) is 0.382. The molecule has 0 aliphatic heterocycles. The molecule has 0 unspecified atom stereocenters. The second-order valence-electron chi connectivity index (χ2n) is 6.84. The van der Waals surface area contributed by atoms with Crippen LogP contribution < -0.4 is 10.1 Å². The van der Waals surface area contributed by atoms with Gasteiger partial charge in [0.05, 0.1) is 24.4 Å². The lowest BCUT2D eigenvalue weighted by Crippen LogP contribution is -2.13. The van der Waals surface area contributed by atoms with Gasteiger partial charge in [0.1, 0.15) is 22.1 Å². The van der Waals surface area contributed by atoms with Crippen molar-refractivity contribution in [3.63, 3.8) is 0 Å². The zero-order valence-electron chi connectivity index (χ0n) is 17.0. The zero-order chi connectivity index (χ0) is 22.9. The van der Waals surface area contributed by atoms with Crippen LogP contribution in [-0.4, -0.2) is 42.8 Å². The Labute approximate surface area is 189 Å². The van der Waals surface area contributed by atoms with Crippen molar-refractivity contribution in [3.05, 3.63) is 65.6 Å². The molecule has 33 heavy (non-hydrogen) atoms. The standard InChI is InChI=1S/C21H15F2N7O2S/c1-32-15-5-3-2-4-12(15)19-27-16-8-11(6-7-30(16)29-19)25-20(31)17-13(9-24-28-17)21-26-14(10-33-21)18(22)23/h2-10,18H,1H3,(H,24,28)(H,25,31). The van der Waals surface area contributed by atoms with Gasteiger partial charge in [0, 0.05) is 23.3 Å². The number of alkyl halides is 2. The number of hydrogen-bond donors (Lipinski definition) is 2. The number of pyridine rings is 1. The fraction of sp³-hybridized carbons (Fsp3) is 0.0952. The Balaban J connectivity index is 1.41. The summed E-state index contributed by atoms with van der Waals surface area (Å²) in [6, 6.07) is 10.7. The Bertz CT molecular complexity index is 1460. The zero-order valence-corrected chi connectivity index (χ0v) is 17.8. The predicted molar refractivity (Wildman–Crippen MR) is 118 cm³/mol. The van der Waals surface area contributed by atoms with Crippen molar-refractivity contribution in [2.75, 3.05) is 12.4 Å². The lowest BCUT2D eigenvalue weighted by molar-refractivity contribution is 0.102. The second kappa shape index (κ2) is 8.39. The van der Waals surface area contributed by atoms with E-state index in [0.29, 0.717) is 28.5 Å². The van der Waals surface area contributed by atoms with E-state index in [2.05, 4.69) is 30.6 Å². The minimum Gasteiger partial charge on any atom is -0.496 e. The minimum absolute atomic E-state index is 0.112. The summed E-state index contributed by atoms with van der Waals surface area (Å²) >= 11 is 1.02. The van der Waals surface area contributed by atoms with Gasteiger partial charge in [-0.05, 0) is 18.2 Å². The Kier molecular flexibility index (Phi) is 5.26. The molecule has 0 radical (unpaired) electrons. The van der Waals surface area contributed by atoms with Crippen LogP contribution in [-0.2, 0) is 0 Å². The summed E-state index contributed by atoms with van der Waals surface area (Å²) in [6.45, 7) is 0. The number of amides is 1. The molecule has 5 rings (SSSR count). The van der Waals surface area contributed by atoms with E-state index in [-0.39, 0.29) is 16.4 Å². The van der Waals surface area contributed by atoms with Crippen LogP contribution >= 0.6 is 11.3 Å². The lowest BCUT2D eigenvalue weighted by atomic mass is 10.2. The van der Waals surface area contributed by atoms with E-state index < -0.39 is 12.3 Å². The van der Waals surface area contributed by atoms with E-state index in [1.165, 1.54) is 11.6 Å². The van der Waals surface area contributed by atoms with Crippen LogP contribution in [0.5, 0.6) is 5.75 Å². The highest BCUT2D eigenvalue weighted by Gasteiger charge is 2.20. The van der Waals surface area contributed by atoms with Crippen molar-refractivity contribution in [2.24, 2.45) is 0 Å². The molecule has 5 aromatic rings. The summed E-state index contributed by atoms with van der Waals surface area (Å²) < 4.78 is 32.7. The van der Waals surface area contributed by atoms with Crippen LogP contribution in [0.25, 0.3) is 27.6 Å². The molecule has 0 aliphatic carbocycles. The molecular weight excluding hydrogens is 452 g/mol. The van der Waals surface area contributed by atoms with Gasteiger partial charge in [0.15, 0.2) is 11.5 Å². The van der Waals surface area contributed by atoms with Gasteiger partial charge in [-0.25, -0.2) is 23.3 Å². The number of methoxy groups -OCH3 is 1. The number of halogens is 2. The van der Waals surface area contributed by atoms with Crippen LogP contribution in [0.15, 0.2) is 54.2 Å². The van der Waals surface area contributed by atoms with E-state index in [9.17, 15) is 13.6 Å². The molecule has 0 saturated carbocycles.